The van der Waals surface area contributed by atoms with E-state index in [4.69, 9.17) is 5.11 Å². The van der Waals surface area contributed by atoms with Gasteiger partial charge in [-0.15, -0.1) is 0 Å². The van der Waals surface area contributed by atoms with Gasteiger partial charge in [-0.3, -0.25) is 4.79 Å². The first kappa shape index (κ1) is 41.6. The molecule has 0 amide bonds. The van der Waals surface area contributed by atoms with E-state index in [-0.39, 0.29) is 0 Å². The monoisotopic (exact) mass is 728 g/mol. The first-order valence-electron chi connectivity index (χ1n) is 9.24. The maximum Gasteiger partial charge on any atom is 0.460 e. The first-order valence-corrected chi connectivity index (χ1v) is 9.24. The van der Waals surface area contributed by atoms with Crippen molar-refractivity contribution in [3.8, 4) is 0 Å². The quantitative estimate of drug-likeness (QED) is 0.193. The summed E-state index contributed by atoms with van der Waals surface area (Å²) in [6, 6.07) is 0. The van der Waals surface area contributed by atoms with E-state index in [1.54, 1.807) is 0 Å². The van der Waals surface area contributed by atoms with Gasteiger partial charge in [-0.05, 0) is 0 Å². The minimum Gasteiger partial charge on any atom is -0.481 e. The van der Waals surface area contributed by atoms with E-state index in [2.05, 4.69) is 0 Å². The van der Waals surface area contributed by atoms with Crippen molar-refractivity contribution in [2.45, 2.75) is 83.7 Å². The summed E-state index contributed by atoms with van der Waals surface area (Å²) in [6.45, 7) is 0. The van der Waals surface area contributed by atoms with E-state index in [0.717, 1.165) is 0 Å². The van der Waals surface area contributed by atoms with E-state index >= 15 is 0 Å². The molecule has 0 fully saturated rings. The summed E-state index contributed by atoms with van der Waals surface area (Å²) in [5.74, 6) is -114. The Balaban J connectivity index is 7.45. The Kier molecular flexibility index (Phi) is 9.49. The molecule has 0 aromatic heterocycles. The summed E-state index contributed by atoms with van der Waals surface area (Å²) in [7, 11) is 0. The van der Waals surface area contributed by atoms with Crippen LogP contribution in [0.3, 0.4) is 0 Å². The molecule has 2 nitrogen and oxygen atoms in total. The van der Waals surface area contributed by atoms with Gasteiger partial charge in [-0.2, -0.15) is 119 Å². The molecule has 0 aromatic rings. The number of hydrogen-bond acceptors (Lipinski definition) is 1. The van der Waals surface area contributed by atoms with E-state index < -0.39 is 89.6 Å². The highest BCUT2D eigenvalue weighted by Crippen LogP contribution is 2.68. The minimum absolute atomic E-state index is 3.42. The minimum atomic E-state index is -9.83. The first-order chi connectivity index (χ1) is 18.4. The van der Waals surface area contributed by atoms with Crippen molar-refractivity contribution in [3.63, 3.8) is 0 Å². The maximum absolute atomic E-state index is 13.6. The third-order valence-electron chi connectivity index (χ3n) is 5.13. The lowest BCUT2D eigenvalue weighted by molar-refractivity contribution is -0.484. The predicted molar refractivity (Wildman–Crippen MR) is 77.7 cm³/mol. The molecule has 0 aliphatic rings. The fourth-order valence-corrected chi connectivity index (χ4v) is 2.48. The Labute approximate surface area is 219 Å². The molecule has 0 aliphatic carbocycles. The van der Waals surface area contributed by atoms with E-state index in [1.807, 2.05) is 0 Å². The molecule has 264 valence electrons. The normalized spacial score (nSPS) is 16.8. The van der Waals surface area contributed by atoms with Gasteiger partial charge in [0.05, 0.1) is 0 Å². The van der Waals surface area contributed by atoms with Crippen LogP contribution in [-0.4, -0.2) is 88.3 Å². The van der Waals surface area contributed by atoms with Crippen LogP contribution in [-0.2, 0) is 4.79 Å². The Morgan fingerprint density at radius 1 is 0.318 bits per heavy atom. The molecular weight excluding hydrogens is 725 g/mol. The second kappa shape index (κ2) is 10.0. The van der Waals surface area contributed by atoms with Crippen LogP contribution in [0.4, 0.5) is 119 Å². The molecule has 0 bridgehead atoms. The van der Waals surface area contributed by atoms with E-state index in [9.17, 15) is 123 Å². The molecule has 0 aromatic carbocycles. The van der Waals surface area contributed by atoms with Crippen molar-refractivity contribution < 1.29 is 128 Å². The van der Waals surface area contributed by atoms with Gasteiger partial charge in [0.1, 0.15) is 6.42 Å². The van der Waals surface area contributed by atoms with Crippen LogP contribution in [0.5, 0.6) is 0 Å². The van der Waals surface area contributed by atoms with Gasteiger partial charge < -0.3 is 5.11 Å². The molecule has 29 heteroatoms. The average molecular weight is 728 g/mol. The van der Waals surface area contributed by atoms with Crippen molar-refractivity contribution in [3.05, 3.63) is 0 Å². The third kappa shape index (κ3) is 4.82. The summed E-state index contributed by atoms with van der Waals surface area (Å²) < 4.78 is 357. The van der Waals surface area contributed by atoms with Crippen LogP contribution in [0, 0.1) is 0 Å². The molecule has 44 heavy (non-hydrogen) atoms. The molecule has 0 saturated heterocycles. The molecule has 0 spiro atoms. The van der Waals surface area contributed by atoms with Crippen LogP contribution >= 0.6 is 0 Å². The van der Waals surface area contributed by atoms with Crippen molar-refractivity contribution in [1.29, 1.82) is 0 Å². The summed E-state index contributed by atoms with van der Waals surface area (Å²) in [5, 5.41) is 7.87. The number of alkyl halides is 27. The van der Waals surface area contributed by atoms with Gasteiger partial charge in [0.15, 0.2) is 0 Å². The highest BCUT2D eigenvalue weighted by atomic mass is 19.4. The van der Waals surface area contributed by atoms with Crippen LogP contribution in [0.1, 0.15) is 6.42 Å². The zero-order valence-electron chi connectivity index (χ0n) is 18.8. The molecule has 0 unspecified atom stereocenters. The van der Waals surface area contributed by atoms with Gasteiger partial charge in [0, 0.05) is 0 Å². The topological polar surface area (TPSA) is 37.3 Å². The lowest BCUT2D eigenvalue weighted by Crippen LogP contribution is -2.78. The largest absolute Gasteiger partial charge is 0.481 e. The standard InChI is InChI=1S/C15H3F27O2/c16-3(17,1-2(43)44)4(18,19)5(20,21)6(22,23)7(24,25)8(26,27)9(28,29)10(30,31)11(32,33)12(34,35)13(36,37)14(38,39)15(40,41)42/h1H2,(H,43,44). The maximum atomic E-state index is 13.6. The number of rotatable bonds is 13. The van der Waals surface area contributed by atoms with E-state index in [0.29, 0.717) is 0 Å². The molecule has 0 aliphatic heterocycles. The smallest absolute Gasteiger partial charge is 0.460 e. The predicted octanol–water partition coefficient (Wildman–Crippen LogP) is 8.65. The van der Waals surface area contributed by atoms with Gasteiger partial charge in [-0.25, -0.2) is 0 Å². The van der Waals surface area contributed by atoms with Crippen molar-refractivity contribution >= 4 is 5.97 Å². The molecule has 0 heterocycles. The summed E-state index contributed by atoms with van der Waals surface area (Å²) in [6.07, 6.45) is -12.1. The Morgan fingerprint density at radius 3 is 0.636 bits per heavy atom. The van der Waals surface area contributed by atoms with Crippen LogP contribution in [0.2, 0.25) is 0 Å². The van der Waals surface area contributed by atoms with Crippen molar-refractivity contribution in [2.24, 2.45) is 0 Å². The second-order valence-corrected chi connectivity index (χ2v) is 8.09. The summed E-state index contributed by atoms with van der Waals surface area (Å²) >= 11 is 0. The van der Waals surface area contributed by atoms with Gasteiger partial charge >= 0.3 is 83.2 Å². The zero-order chi connectivity index (χ0) is 36.8. The second-order valence-electron chi connectivity index (χ2n) is 8.09. The summed E-state index contributed by atoms with van der Waals surface area (Å²) in [5.41, 5.74) is 0. The highest BCUT2D eigenvalue weighted by Gasteiger charge is 3.00. The van der Waals surface area contributed by atoms with Crippen molar-refractivity contribution in [2.75, 3.05) is 0 Å². The Bertz CT molecular complexity index is 1080. The van der Waals surface area contributed by atoms with Gasteiger partial charge in [0.25, 0.3) is 0 Å². The summed E-state index contributed by atoms with van der Waals surface area (Å²) in [4.78, 5) is 10.0. The lowest BCUT2D eigenvalue weighted by atomic mass is 9.83. The molecule has 0 radical (unpaired) electrons. The van der Waals surface area contributed by atoms with Crippen LogP contribution < -0.4 is 0 Å². The Morgan fingerprint density at radius 2 is 0.477 bits per heavy atom. The number of carbonyl (C=O) groups is 1. The molecular formula is C15H3F27O2. The fourth-order valence-electron chi connectivity index (χ4n) is 2.48. The lowest BCUT2D eigenvalue weighted by Gasteiger charge is -2.46. The fraction of sp³-hybridized carbons (Fsp3) is 0.933. The third-order valence-corrected chi connectivity index (χ3v) is 5.13. The van der Waals surface area contributed by atoms with Gasteiger partial charge in [-0.1, -0.05) is 0 Å². The average Bonchev–Trinajstić information content (AvgIpc) is 2.75. The number of halogens is 27. The molecule has 0 saturated carbocycles. The number of hydrogen-bond donors (Lipinski definition) is 1. The van der Waals surface area contributed by atoms with Crippen LogP contribution in [0.15, 0.2) is 0 Å². The van der Waals surface area contributed by atoms with Gasteiger partial charge in [0.2, 0.25) is 0 Å². The number of carboxylic acids is 1. The Hall–Kier alpha value is -2.42. The zero-order valence-corrected chi connectivity index (χ0v) is 18.8. The number of carboxylic acid groups (broad SMARTS) is 1. The molecule has 0 rings (SSSR count). The SMILES string of the molecule is O=C(O)CC(F)(F)C(F)(F)C(F)(F)C(F)(F)C(F)(F)C(F)(F)C(F)(F)C(F)(F)C(F)(F)C(F)(F)C(F)(F)C(F)(F)C(F)(F)F. The van der Waals surface area contributed by atoms with E-state index in [1.165, 1.54) is 0 Å². The molecule has 0 atom stereocenters. The van der Waals surface area contributed by atoms with Crippen LogP contribution in [0.25, 0.3) is 0 Å². The number of aliphatic carboxylic acids is 1. The molecule has 1 N–H and O–H groups in total. The highest BCUT2D eigenvalue weighted by molar-refractivity contribution is 5.68. The van der Waals surface area contributed by atoms with Crippen molar-refractivity contribution in [1.82, 2.24) is 0 Å².